The predicted molar refractivity (Wildman–Crippen MR) is 82.5 cm³/mol. The van der Waals surface area contributed by atoms with Crippen LogP contribution >= 0.6 is 27.5 Å². The van der Waals surface area contributed by atoms with E-state index in [0.29, 0.717) is 6.54 Å². The first kappa shape index (κ1) is 15.3. The molecule has 2 rings (SSSR count). The SMILES string of the molecule is C[C@@H]1CN(C(CN)c2ccc(Cl)cc2Br)C[C@H](C)O1. The average molecular weight is 348 g/mol. The Morgan fingerprint density at radius 1 is 1.42 bits per heavy atom. The van der Waals surface area contributed by atoms with Gasteiger partial charge in [-0.1, -0.05) is 33.6 Å². The van der Waals surface area contributed by atoms with Gasteiger partial charge in [-0.05, 0) is 31.5 Å². The van der Waals surface area contributed by atoms with Gasteiger partial charge in [-0.2, -0.15) is 0 Å². The van der Waals surface area contributed by atoms with Crippen LogP contribution in [0.3, 0.4) is 0 Å². The fourth-order valence-corrected chi connectivity index (χ4v) is 3.66. The summed E-state index contributed by atoms with van der Waals surface area (Å²) >= 11 is 9.59. The number of morpholine rings is 1. The molecule has 1 aromatic carbocycles. The second kappa shape index (κ2) is 6.55. The first-order chi connectivity index (χ1) is 9.01. The Bertz CT molecular complexity index is 433. The van der Waals surface area contributed by atoms with Crippen LogP contribution in [0.5, 0.6) is 0 Å². The fourth-order valence-electron chi connectivity index (χ4n) is 2.72. The van der Waals surface area contributed by atoms with E-state index in [2.05, 4.69) is 40.7 Å². The number of rotatable bonds is 3. The first-order valence-corrected chi connectivity index (χ1v) is 7.73. The molecule has 5 heteroatoms. The molecule has 106 valence electrons. The topological polar surface area (TPSA) is 38.5 Å². The van der Waals surface area contributed by atoms with Gasteiger partial charge in [0.25, 0.3) is 0 Å². The van der Waals surface area contributed by atoms with Gasteiger partial charge < -0.3 is 10.5 Å². The molecular weight excluding hydrogens is 328 g/mol. The van der Waals surface area contributed by atoms with Crippen molar-refractivity contribution in [3.05, 3.63) is 33.3 Å². The van der Waals surface area contributed by atoms with E-state index in [0.717, 1.165) is 22.6 Å². The molecule has 1 aromatic rings. The van der Waals surface area contributed by atoms with Crippen molar-refractivity contribution in [2.24, 2.45) is 5.73 Å². The predicted octanol–water partition coefficient (Wildman–Crippen LogP) is 3.21. The minimum absolute atomic E-state index is 0.195. The first-order valence-electron chi connectivity index (χ1n) is 6.55. The molecule has 0 aromatic heterocycles. The van der Waals surface area contributed by atoms with Crippen LogP contribution in [-0.4, -0.2) is 36.7 Å². The molecule has 3 nitrogen and oxygen atoms in total. The number of benzene rings is 1. The molecule has 0 spiro atoms. The molecule has 19 heavy (non-hydrogen) atoms. The van der Waals surface area contributed by atoms with Crippen molar-refractivity contribution in [1.82, 2.24) is 4.90 Å². The lowest BCUT2D eigenvalue weighted by Gasteiger charge is -2.40. The largest absolute Gasteiger partial charge is 0.373 e. The van der Waals surface area contributed by atoms with Crippen LogP contribution in [0.1, 0.15) is 25.5 Å². The molecule has 1 aliphatic rings. The van der Waals surface area contributed by atoms with Crippen LogP contribution < -0.4 is 5.73 Å². The summed E-state index contributed by atoms with van der Waals surface area (Å²) in [6.45, 7) is 6.60. The van der Waals surface area contributed by atoms with Crippen LogP contribution in [0.4, 0.5) is 0 Å². The summed E-state index contributed by atoms with van der Waals surface area (Å²) in [6, 6.07) is 6.08. The Morgan fingerprint density at radius 2 is 2.05 bits per heavy atom. The standard InChI is InChI=1S/C14H20BrClN2O/c1-9-7-18(8-10(2)19-9)14(6-17)12-4-3-11(16)5-13(12)15/h3-5,9-10,14H,6-8,17H2,1-2H3/t9-,10+,14?. The molecule has 0 aliphatic carbocycles. The van der Waals surface area contributed by atoms with Gasteiger partial charge in [0.2, 0.25) is 0 Å². The third-order valence-corrected chi connectivity index (χ3v) is 4.36. The van der Waals surface area contributed by atoms with Crippen LogP contribution in [0, 0.1) is 0 Å². The van der Waals surface area contributed by atoms with Gasteiger partial charge in [-0.3, -0.25) is 4.90 Å². The molecule has 2 N–H and O–H groups in total. The molecule has 0 radical (unpaired) electrons. The molecule has 0 saturated carbocycles. The second-order valence-electron chi connectivity index (χ2n) is 5.13. The highest BCUT2D eigenvalue weighted by Crippen LogP contribution is 2.31. The molecule has 1 saturated heterocycles. The molecule has 1 unspecified atom stereocenters. The molecular formula is C14H20BrClN2O. The number of nitrogens with two attached hydrogens (primary N) is 1. The van der Waals surface area contributed by atoms with Crippen molar-refractivity contribution in [3.8, 4) is 0 Å². The summed E-state index contributed by atoms with van der Waals surface area (Å²) in [7, 11) is 0. The van der Waals surface area contributed by atoms with Gasteiger partial charge in [0, 0.05) is 35.2 Å². The third-order valence-electron chi connectivity index (χ3n) is 3.43. The number of nitrogens with zero attached hydrogens (tertiary/aromatic N) is 1. The van der Waals surface area contributed by atoms with E-state index < -0.39 is 0 Å². The van der Waals surface area contributed by atoms with E-state index in [1.54, 1.807) is 0 Å². The minimum Gasteiger partial charge on any atom is -0.373 e. The number of ether oxygens (including phenoxy) is 1. The molecule has 0 amide bonds. The normalized spacial score (nSPS) is 26.4. The zero-order chi connectivity index (χ0) is 14.0. The molecule has 3 atom stereocenters. The van der Waals surface area contributed by atoms with Crippen molar-refractivity contribution in [2.75, 3.05) is 19.6 Å². The van der Waals surface area contributed by atoms with Gasteiger partial charge in [0.05, 0.1) is 12.2 Å². The quantitative estimate of drug-likeness (QED) is 0.912. The lowest BCUT2D eigenvalue weighted by molar-refractivity contribution is -0.0800. The molecule has 0 bridgehead atoms. The van der Waals surface area contributed by atoms with Crippen molar-refractivity contribution < 1.29 is 4.74 Å². The summed E-state index contributed by atoms with van der Waals surface area (Å²) in [5.41, 5.74) is 7.19. The van der Waals surface area contributed by atoms with Gasteiger partial charge in [0.1, 0.15) is 0 Å². The van der Waals surface area contributed by atoms with Crippen LogP contribution in [0.25, 0.3) is 0 Å². The molecule has 1 fully saturated rings. The lowest BCUT2D eigenvalue weighted by Crippen LogP contribution is -2.48. The van der Waals surface area contributed by atoms with Crippen LogP contribution in [0.15, 0.2) is 22.7 Å². The van der Waals surface area contributed by atoms with Gasteiger partial charge in [0.15, 0.2) is 0 Å². The van der Waals surface area contributed by atoms with Crippen LogP contribution in [0.2, 0.25) is 5.02 Å². The Hall–Kier alpha value is -0.130. The van der Waals surface area contributed by atoms with E-state index >= 15 is 0 Å². The van der Waals surface area contributed by atoms with Gasteiger partial charge >= 0.3 is 0 Å². The zero-order valence-corrected chi connectivity index (χ0v) is 13.6. The maximum absolute atomic E-state index is 6.00. The second-order valence-corrected chi connectivity index (χ2v) is 6.42. The summed E-state index contributed by atoms with van der Waals surface area (Å²) < 4.78 is 6.80. The summed E-state index contributed by atoms with van der Waals surface area (Å²) in [5.74, 6) is 0. The summed E-state index contributed by atoms with van der Waals surface area (Å²) in [5, 5.41) is 0.732. The van der Waals surface area contributed by atoms with E-state index in [1.165, 1.54) is 5.56 Å². The summed E-state index contributed by atoms with van der Waals surface area (Å²) in [6.07, 6.45) is 0.479. The van der Waals surface area contributed by atoms with E-state index in [9.17, 15) is 0 Å². The molecule has 1 heterocycles. The Morgan fingerprint density at radius 3 is 2.58 bits per heavy atom. The Balaban J connectivity index is 2.23. The zero-order valence-electron chi connectivity index (χ0n) is 11.3. The van der Waals surface area contributed by atoms with Crippen molar-refractivity contribution in [3.63, 3.8) is 0 Å². The highest BCUT2D eigenvalue weighted by Gasteiger charge is 2.29. The van der Waals surface area contributed by atoms with Crippen molar-refractivity contribution in [2.45, 2.75) is 32.1 Å². The van der Waals surface area contributed by atoms with Gasteiger partial charge in [-0.25, -0.2) is 0 Å². The monoisotopic (exact) mass is 346 g/mol. The Labute approximate surface area is 128 Å². The summed E-state index contributed by atoms with van der Waals surface area (Å²) in [4.78, 5) is 2.40. The number of hydrogen-bond donors (Lipinski definition) is 1. The highest BCUT2D eigenvalue weighted by molar-refractivity contribution is 9.10. The molecule has 1 aliphatic heterocycles. The Kier molecular flexibility index (Phi) is 5.26. The average Bonchev–Trinajstić information content (AvgIpc) is 2.31. The number of hydrogen-bond acceptors (Lipinski definition) is 3. The number of halogens is 2. The highest BCUT2D eigenvalue weighted by atomic mass is 79.9. The maximum atomic E-state index is 6.00. The van der Waals surface area contributed by atoms with Crippen LogP contribution in [-0.2, 0) is 4.74 Å². The fraction of sp³-hybridized carbons (Fsp3) is 0.571. The smallest absolute Gasteiger partial charge is 0.0678 e. The van der Waals surface area contributed by atoms with E-state index in [1.807, 2.05) is 12.1 Å². The van der Waals surface area contributed by atoms with E-state index in [4.69, 9.17) is 22.1 Å². The van der Waals surface area contributed by atoms with E-state index in [-0.39, 0.29) is 18.2 Å². The van der Waals surface area contributed by atoms with Crippen molar-refractivity contribution in [1.29, 1.82) is 0 Å². The van der Waals surface area contributed by atoms with Gasteiger partial charge in [-0.15, -0.1) is 0 Å². The maximum Gasteiger partial charge on any atom is 0.0678 e. The minimum atomic E-state index is 0.195. The van der Waals surface area contributed by atoms with Crippen molar-refractivity contribution >= 4 is 27.5 Å². The third kappa shape index (κ3) is 3.70. The lowest BCUT2D eigenvalue weighted by atomic mass is 10.0.